The molecule has 0 amide bonds. The van der Waals surface area contributed by atoms with E-state index in [1.807, 2.05) is 13.1 Å². The maximum Gasteiger partial charge on any atom is 0.313 e. The first kappa shape index (κ1) is 11.5. The quantitative estimate of drug-likeness (QED) is 0.803. The second-order valence-corrected chi connectivity index (χ2v) is 5.15. The minimum atomic E-state index is -0.792. The molecule has 1 saturated carbocycles. The van der Waals surface area contributed by atoms with Gasteiger partial charge in [-0.2, -0.15) is 0 Å². The Labute approximate surface area is 99.1 Å². The second-order valence-electron chi connectivity index (χ2n) is 4.21. The molecule has 1 aliphatic carbocycles. The topological polar surface area (TPSA) is 55.1 Å². The van der Waals surface area contributed by atoms with Gasteiger partial charge in [-0.25, -0.2) is 4.98 Å². The lowest BCUT2D eigenvalue weighted by Crippen LogP contribution is -2.04. The van der Waals surface area contributed by atoms with Gasteiger partial charge in [-0.15, -0.1) is 0 Å². The molecule has 1 aliphatic rings. The van der Waals surface area contributed by atoms with Gasteiger partial charge < -0.3 is 9.67 Å². The molecule has 0 bridgehead atoms. The highest BCUT2D eigenvalue weighted by molar-refractivity contribution is 7.99. The summed E-state index contributed by atoms with van der Waals surface area (Å²) in [7, 11) is 0. The lowest BCUT2D eigenvalue weighted by atomic mass is 10.3. The first-order valence-corrected chi connectivity index (χ1v) is 6.50. The fourth-order valence-corrected chi connectivity index (χ4v) is 2.85. The van der Waals surface area contributed by atoms with Gasteiger partial charge in [0.2, 0.25) is 0 Å². The molecule has 0 aromatic carbocycles. The highest BCUT2D eigenvalue weighted by Gasteiger charge is 2.38. The summed E-state index contributed by atoms with van der Waals surface area (Å²) < 4.78 is 2.20. The lowest BCUT2D eigenvalue weighted by molar-refractivity contribution is -0.133. The first-order valence-electron chi connectivity index (χ1n) is 5.52. The molecule has 16 heavy (non-hydrogen) atoms. The number of aliphatic carboxylic acids is 1. The van der Waals surface area contributed by atoms with Crippen molar-refractivity contribution in [1.82, 2.24) is 9.55 Å². The summed E-state index contributed by atoms with van der Waals surface area (Å²) in [6.07, 6.45) is 4.22. The zero-order chi connectivity index (χ0) is 11.7. The van der Waals surface area contributed by atoms with E-state index in [0.717, 1.165) is 16.8 Å². The number of imidazole rings is 1. The van der Waals surface area contributed by atoms with E-state index in [2.05, 4.69) is 16.5 Å². The molecule has 0 saturated heterocycles. The van der Waals surface area contributed by atoms with Crippen LogP contribution in [0, 0.1) is 12.8 Å². The Morgan fingerprint density at radius 2 is 2.50 bits per heavy atom. The van der Waals surface area contributed by atoms with Crippen molar-refractivity contribution in [2.45, 2.75) is 37.9 Å². The minimum absolute atomic E-state index is 0.0833. The predicted molar refractivity (Wildman–Crippen MR) is 62.8 cm³/mol. The summed E-state index contributed by atoms with van der Waals surface area (Å²) in [5.41, 5.74) is 1.13. The van der Waals surface area contributed by atoms with Crippen molar-refractivity contribution in [2.24, 2.45) is 5.92 Å². The monoisotopic (exact) mass is 240 g/mol. The van der Waals surface area contributed by atoms with Gasteiger partial charge in [0.15, 0.2) is 5.16 Å². The smallest absolute Gasteiger partial charge is 0.313 e. The number of carboxylic acid groups (broad SMARTS) is 1. The van der Waals surface area contributed by atoms with E-state index in [4.69, 9.17) is 5.11 Å². The predicted octanol–water partition coefficient (Wildman–Crippen LogP) is 2.34. The zero-order valence-corrected chi connectivity index (χ0v) is 10.3. The molecule has 2 rings (SSSR count). The number of hydrogen-bond acceptors (Lipinski definition) is 3. The van der Waals surface area contributed by atoms with Crippen LogP contribution >= 0.6 is 11.8 Å². The van der Waals surface area contributed by atoms with Crippen LogP contribution < -0.4 is 0 Å². The Hall–Kier alpha value is -0.970. The molecule has 88 valence electrons. The largest absolute Gasteiger partial charge is 0.481 e. The molecule has 0 radical (unpaired) electrons. The third-order valence-corrected chi connectivity index (χ3v) is 3.97. The van der Waals surface area contributed by atoms with Gasteiger partial charge in [0.05, 0.1) is 5.75 Å². The van der Waals surface area contributed by atoms with E-state index in [9.17, 15) is 4.79 Å². The first-order chi connectivity index (χ1) is 7.63. The van der Waals surface area contributed by atoms with E-state index in [-0.39, 0.29) is 5.75 Å². The average Bonchev–Trinajstić information content (AvgIpc) is 2.92. The van der Waals surface area contributed by atoms with Crippen LogP contribution in [-0.4, -0.2) is 26.4 Å². The molecule has 1 heterocycles. The highest BCUT2D eigenvalue weighted by atomic mass is 32.2. The van der Waals surface area contributed by atoms with Gasteiger partial charge in [-0.1, -0.05) is 25.1 Å². The Balaban J connectivity index is 2.10. The maximum atomic E-state index is 10.5. The molecule has 1 aromatic rings. The Morgan fingerprint density at radius 1 is 1.75 bits per heavy atom. The van der Waals surface area contributed by atoms with Crippen molar-refractivity contribution in [2.75, 3.05) is 5.75 Å². The number of hydrogen-bond donors (Lipinski definition) is 1. The fraction of sp³-hybridized carbons (Fsp3) is 0.636. The van der Waals surface area contributed by atoms with Crippen LogP contribution in [0.15, 0.2) is 11.4 Å². The van der Waals surface area contributed by atoms with Gasteiger partial charge in [0, 0.05) is 17.9 Å². The van der Waals surface area contributed by atoms with Crippen LogP contribution in [0.5, 0.6) is 0 Å². The van der Waals surface area contributed by atoms with Gasteiger partial charge in [0.25, 0.3) is 0 Å². The number of rotatable bonds is 5. The van der Waals surface area contributed by atoms with Gasteiger partial charge in [-0.05, 0) is 19.3 Å². The van der Waals surface area contributed by atoms with Crippen LogP contribution in [0.3, 0.4) is 0 Å². The standard InChI is InChI=1S/C11H16N2O2S/c1-3-8-4-9(8)13-7(2)5-12-11(13)16-6-10(14)15/h5,8-9H,3-4,6H2,1-2H3,(H,14,15). The van der Waals surface area contributed by atoms with E-state index >= 15 is 0 Å². The van der Waals surface area contributed by atoms with Crippen molar-refractivity contribution in [3.05, 3.63) is 11.9 Å². The molecule has 1 N–H and O–H groups in total. The molecule has 0 aliphatic heterocycles. The summed E-state index contributed by atoms with van der Waals surface area (Å²) >= 11 is 1.31. The molecule has 2 unspecified atom stereocenters. The molecule has 5 heteroatoms. The summed E-state index contributed by atoms with van der Waals surface area (Å²) in [4.78, 5) is 14.8. The van der Waals surface area contributed by atoms with Crippen LogP contribution in [0.25, 0.3) is 0 Å². The van der Waals surface area contributed by atoms with Crippen LogP contribution in [-0.2, 0) is 4.79 Å². The average molecular weight is 240 g/mol. The maximum absolute atomic E-state index is 10.5. The van der Waals surface area contributed by atoms with Crippen LogP contribution in [0.4, 0.5) is 0 Å². The van der Waals surface area contributed by atoms with Crippen LogP contribution in [0.2, 0.25) is 0 Å². The normalized spacial score (nSPS) is 23.4. The van der Waals surface area contributed by atoms with Crippen molar-refractivity contribution in [3.63, 3.8) is 0 Å². The van der Waals surface area contributed by atoms with E-state index in [0.29, 0.717) is 6.04 Å². The lowest BCUT2D eigenvalue weighted by Gasteiger charge is -2.08. The molecular weight excluding hydrogens is 224 g/mol. The van der Waals surface area contributed by atoms with Crippen LogP contribution in [0.1, 0.15) is 31.5 Å². The highest BCUT2D eigenvalue weighted by Crippen LogP contribution is 2.47. The summed E-state index contributed by atoms with van der Waals surface area (Å²) in [5, 5.41) is 9.52. The SMILES string of the molecule is CCC1CC1n1c(C)cnc1SCC(=O)O. The van der Waals surface area contributed by atoms with Gasteiger partial charge in [-0.3, -0.25) is 4.79 Å². The summed E-state index contributed by atoms with van der Waals surface area (Å²) in [6.45, 7) is 4.23. The number of carbonyl (C=O) groups is 1. The van der Waals surface area contributed by atoms with E-state index < -0.39 is 5.97 Å². The molecule has 0 spiro atoms. The van der Waals surface area contributed by atoms with Crippen molar-refractivity contribution in [3.8, 4) is 0 Å². The summed E-state index contributed by atoms with van der Waals surface area (Å²) in [6, 6.07) is 0.545. The second kappa shape index (κ2) is 4.49. The number of carboxylic acids is 1. The van der Waals surface area contributed by atoms with Gasteiger partial charge in [0.1, 0.15) is 0 Å². The number of aromatic nitrogens is 2. The van der Waals surface area contributed by atoms with Crippen molar-refractivity contribution < 1.29 is 9.90 Å². The third kappa shape index (κ3) is 2.24. The molecule has 1 fully saturated rings. The molecule has 4 nitrogen and oxygen atoms in total. The summed E-state index contributed by atoms with van der Waals surface area (Å²) in [5.74, 6) is 0.0390. The zero-order valence-electron chi connectivity index (χ0n) is 9.51. The van der Waals surface area contributed by atoms with Crippen molar-refractivity contribution >= 4 is 17.7 Å². The Bertz CT molecular complexity index is 403. The van der Waals surface area contributed by atoms with E-state index in [1.54, 1.807) is 0 Å². The molecule has 1 aromatic heterocycles. The molecular formula is C11H16N2O2S. The van der Waals surface area contributed by atoms with Crippen molar-refractivity contribution in [1.29, 1.82) is 0 Å². The molecule has 2 atom stereocenters. The minimum Gasteiger partial charge on any atom is -0.481 e. The number of nitrogens with zero attached hydrogens (tertiary/aromatic N) is 2. The Morgan fingerprint density at radius 3 is 3.06 bits per heavy atom. The number of thioether (sulfide) groups is 1. The van der Waals surface area contributed by atoms with Gasteiger partial charge >= 0.3 is 5.97 Å². The Kier molecular flexibility index (Phi) is 3.23. The fourth-order valence-electron chi connectivity index (χ4n) is 2.05. The number of aryl methyl sites for hydroxylation is 1. The van der Waals surface area contributed by atoms with E-state index in [1.165, 1.54) is 24.6 Å². The third-order valence-electron chi connectivity index (χ3n) is 3.01.